The molecule has 31 heavy (non-hydrogen) atoms. The van der Waals surface area contributed by atoms with E-state index in [1.807, 2.05) is 0 Å². The highest BCUT2D eigenvalue weighted by atomic mass is 19.1. The number of aromatic nitrogens is 5. The van der Waals surface area contributed by atoms with E-state index in [0.717, 1.165) is 44.8 Å². The zero-order valence-electron chi connectivity index (χ0n) is 17.8. The molecule has 0 spiro atoms. The average molecular weight is 423 g/mol. The molecule has 1 saturated heterocycles. The number of piperazine rings is 1. The fraction of sp³-hybridized carbons (Fsp3) is 0.500. The molecular weight excluding hydrogens is 395 g/mol. The Balaban J connectivity index is 1.54. The largest absolute Gasteiger partial charge is 0.352 e. The Labute approximate surface area is 180 Å². The molecule has 0 bridgehead atoms. The second-order valence-electron chi connectivity index (χ2n) is 8.45. The maximum Gasteiger partial charge on any atom is 0.227 e. The Hall–Kier alpha value is -2.94. The Morgan fingerprint density at radius 1 is 0.903 bits per heavy atom. The zero-order chi connectivity index (χ0) is 21.2. The number of halogens is 1. The van der Waals surface area contributed by atoms with Crippen LogP contribution < -0.4 is 10.2 Å². The molecule has 2 fully saturated rings. The van der Waals surface area contributed by atoms with Crippen LogP contribution in [0.3, 0.4) is 0 Å². The van der Waals surface area contributed by atoms with Crippen LogP contribution in [0.15, 0.2) is 24.3 Å². The molecule has 1 aliphatic carbocycles. The van der Waals surface area contributed by atoms with Crippen molar-refractivity contribution < 1.29 is 4.39 Å². The number of fused-ring (bicyclic) bond motifs is 1. The fourth-order valence-electron chi connectivity index (χ4n) is 4.28. The number of hydrogen-bond acceptors (Lipinski definition) is 8. The Morgan fingerprint density at radius 3 is 2.39 bits per heavy atom. The molecule has 9 heteroatoms. The third-order valence-electron chi connectivity index (χ3n) is 6.15. The highest BCUT2D eigenvalue weighted by Gasteiger charge is 2.23. The summed E-state index contributed by atoms with van der Waals surface area (Å²) in [5.74, 6) is 1.53. The van der Waals surface area contributed by atoms with E-state index < -0.39 is 0 Å². The van der Waals surface area contributed by atoms with Crippen LogP contribution in [0.4, 0.5) is 16.2 Å². The summed E-state index contributed by atoms with van der Waals surface area (Å²) < 4.78 is 13.3. The fourth-order valence-corrected chi connectivity index (χ4v) is 4.28. The Kier molecular flexibility index (Phi) is 5.59. The van der Waals surface area contributed by atoms with Gasteiger partial charge >= 0.3 is 0 Å². The quantitative estimate of drug-likeness (QED) is 0.687. The summed E-state index contributed by atoms with van der Waals surface area (Å²) in [5, 5.41) is 12.2. The monoisotopic (exact) mass is 422 g/mol. The van der Waals surface area contributed by atoms with Crippen LogP contribution in [0.25, 0.3) is 22.6 Å². The van der Waals surface area contributed by atoms with Gasteiger partial charge in [-0.3, -0.25) is 0 Å². The van der Waals surface area contributed by atoms with Crippen molar-refractivity contribution in [2.24, 2.45) is 0 Å². The molecule has 1 saturated carbocycles. The molecule has 0 amide bonds. The summed E-state index contributed by atoms with van der Waals surface area (Å²) in [7, 11) is 2.13. The predicted octanol–water partition coefficient (Wildman–Crippen LogP) is 3.12. The van der Waals surface area contributed by atoms with E-state index in [-0.39, 0.29) is 5.82 Å². The second kappa shape index (κ2) is 8.66. The van der Waals surface area contributed by atoms with Gasteiger partial charge in [-0.25, -0.2) is 9.37 Å². The van der Waals surface area contributed by atoms with Crippen LogP contribution in [-0.2, 0) is 0 Å². The SMILES string of the molecule is CN1CCN(c2nc(NC3CCCCC3)nc3nnc(-c4ccc(F)cc4)nc23)CC1. The average Bonchev–Trinajstić information content (AvgIpc) is 2.80. The number of rotatable bonds is 4. The molecule has 1 aliphatic heterocycles. The van der Waals surface area contributed by atoms with Crippen molar-refractivity contribution in [1.82, 2.24) is 30.0 Å². The van der Waals surface area contributed by atoms with Crippen molar-refractivity contribution >= 4 is 22.9 Å². The van der Waals surface area contributed by atoms with Gasteiger partial charge in [-0.15, -0.1) is 10.2 Å². The lowest BCUT2D eigenvalue weighted by Crippen LogP contribution is -2.45. The molecular formula is C22H27FN8. The molecule has 5 rings (SSSR count). The van der Waals surface area contributed by atoms with E-state index in [9.17, 15) is 4.39 Å². The summed E-state index contributed by atoms with van der Waals surface area (Å²) in [4.78, 5) is 18.8. The first-order valence-corrected chi connectivity index (χ1v) is 11.0. The van der Waals surface area contributed by atoms with Crippen LogP contribution in [0.2, 0.25) is 0 Å². The molecule has 1 N–H and O–H groups in total. The third kappa shape index (κ3) is 4.41. The van der Waals surface area contributed by atoms with Crippen LogP contribution in [0.5, 0.6) is 0 Å². The van der Waals surface area contributed by atoms with Gasteiger partial charge in [0, 0.05) is 37.8 Å². The van der Waals surface area contributed by atoms with Crippen LogP contribution in [0.1, 0.15) is 32.1 Å². The maximum absolute atomic E-state index is 13.3. The lowest BCUT2D eigenvalue weighted by Gasteiger charge is -2.33. The lowest BCUT2D eigenvalue weighted by molar-refractivity contribution is 0.312. The molecule has 8 nitrogen and oxygen atoms in total. The summed E-state index contributed by atoms with van der Waals surface area (Å²) in [6, 6.07) is 6.52. The molecule has 162 valence electrons. The van der Waals surface area contributed by atoms with Crippen LogP contribution in [-0.4, -0.2) is 69.3 Å². The number of nitrogens with one attached hydrogen (secondary N) is 1. The van der Waals surface area contributed by atoms with Crippen molar-refractivity contribution in [3.8, 4) is 11.4 Å². The minimum absolute atomic E-state index is 0.294. The first-order valence-electron chi connectivity index (χ1n) is 11.0. The highest BCUT2D eigenvalue weighted by molar-refractivity contribution is 5.85. The van der Waals surface area contributed by atoms with E-state index in [4.69, 9.17) is 9.97 Å². The minimum atomic E-state index is -0.294. The van der Waals surface area contributed by atoms with Gasteiger partial charge in [0.2, 0.25) is 11.6 Å². The van der Waals surface area contributed by atoms with Crippen LogP contribution >= 0.6 is 0 Å². The minimum Gasteiger partial charge on any atom is -0.352 e. The molecule has 2 aliphatic rings. The third-order valence-corrected chi connectivity index (χ3v) is 6.15. The van der Waals surface area contributed by atoms with Crippen molar-refractivity contribution in [1.29, 1.82) is 0 Å². The summed E-state index contributed by atoms with van der Waals surface area (Å²) in [6.45, 7) is 3.64. The normalized spacial score (nSPS) is 18.5. The van der Waals surface area contributed by atoms with Gasteiger partial charge < -0.3 is 15.1 Å². The van der Waals surface area contributed by atoms with Crippen molar-refractivity contribution in [2.45, 2.75) is 38.1 Å². The molecule has 0 unspecified atom stereocenters. The van der Waals surface area contributed by atoms with Crippen molar-refractivity contribution in [2.75, 3.05) is 43.4 Å². The van der Waals surface area contributed by atoms with Gasteiger partial charge in [0.1, 0.15) is 5.82 Å². The van der Waals surface area contributed by atoms with E-state index in [2.05, 4.69) is 37.3 Å². The highest BCUT2D eigenvalue weighted by Crippen LogP contribution is 2.27. The zero-order valence-corrected chi connectivity index (χ0v) is 17.8. The number of likely N-dealkylation sites (N-methyl/N-ethyl adjacent to an activating group) is 1. The van der Waals surface area contributed by atoms with Gasteiger partial charge in [-0.2, -0.15) is 9.97 Å². The second-order valence-corrected chi connectivity index (χ2v) is 8.45. The number of nitrogens with zero attached hydrogens (tertiary/aromatic N) is 7. The summed E-state index contributed by atoms with van der Waals surface area (Å²) in [5.41, 5.74) is 1.82. The van der Waals surface area contributed by atoms with Gasteiger partial charge in [0.25, 0.3) is 0 Å². The van der Waals surface area contributed by atoms with E-state index in [1.54, 1.807) is 12.1 Å². The smallest absolute Gasteiger partial charge is 0.227 e. The van der Waals surface area contributed by atoms with Crippen LogP contribution in [0, 0.1) is 5.82 Å². The molecule has 2 aromatic heterocycles. The van der Waals surface area contributed by atoms with E-state index in [1.165, 1.54) is 31.4 Å². The first-order chi connectivity index (χ1) is 15.2. The number of anilines is 2. The number of hydrogen-bond donors (Lipinski definition) is 1. The maximum atomic E-state index is 13.3. The Bertz CT molecular complexity index is 1040. The van der Waals surface area contributed by atoms with E-state index in [0.29, 0.717) is 34.5 Å². The molecule has 3 heterocycles. The summed E-state index contributed by atoms with van der Waals surface area (Å²) >= 11 is 0. The standard InChI is InChI=1S/C22H27FN8/c1-30-11-13-31(14-12-30)21-18-20(26-22(27-21)24-17-5-3-2-4-6-17)29-28-19(25-18)15-7-9-16(23)10-8-15/h7-10,17H,2-6,11-14H2,1H3,(H,24,26,27,29). The van der Waals surface area contributed by atoms with E-state index >= 15 is 0 Å². The predicted molar refractivity (Wildman–Crippen MR) is 119 cm³/mol. The van der Waals surface area contributed by atoms with Gasteiger partial charge in [-0.05, 0) is 44.2 Å². The van der Waals surface area contributed by atoms with Crippen molar-refractivity contribution in [3.05, 3.63) is 30.1 Å². The first kappa shape index (κ1) is 20.0. The van der Waals surface area contributed by atoms with Gasteiger partial charge in [0.05, 0.1) is 0 Å². The summed E-state index contributed by atoms with van der Waals surface area (Å²) in [6.07, 6.45) is 6.04. The van der Waals surface area contributed by atoms with Crippen molar-refractivity contribution in [3.63, 3.8) is 0 Å². The number of benzene rings is 1. The topological polar surface area (TPSA) is 83.0 Å². The lowest BCUT2D eigenvalue weighted by atomic mass is 9.96. The van der Waals surface area contributed by atoms with Gasteiger partial charge in [0.15, 0.2) is 17.2 Å². The molecule has 1 aromatic carbocycles. The molecule has 0 radical (unpaired) electrons. The molecule has 0 atom stereocenters. The Morgan fingerprint density at radius 2 is 1.65 bits per heavy atom. The molecule has 3 aromatic rings. The van der Waals surface area contributed by atoms with Gasteiger partial charge in [-0.1, -0.05) is 19.3 Å².